The van der Waals surface area contributed by atoms with Crippen molar-refractivity contribution in [3.05, 3.63) is 0 Å². The van der Waals surface area contributed by atoms with Crippen molar-refractivity contribution in [1.82, 2.24) is 4.31 Å². The first-order valence-corrected chi connectivity index (χ1v) is 9.07. The smallest absolute Gasteiger partial charge is 0.228 e. The molecule has 0 unspecified atom stereocenters. The van der Waals surface area contributed by atoms with Gasteiger partial charge >= 0.3 is 0 Å². The van der Waals surface area contributed by atoms with Crippen LogP contribution in [0, 0.1) is 0 Å². The van der Waals surface area contributed by atoms with Gasteiger partial charge in [0, 0.05) is 25.7 Å². The number of sulfone groups is 1. The molecule has 0 N–H and O–H groups in total. The van der Waals surface area contributed by atoms with E-state index in [0.29, 0.717) is 18.8 Å². The first kappa shape index (κ1) is 16.1. The summed E-state index contributed by atoms with van der Waals surface area (Å²) in [5.74, 6) is 0.555. The van der Waals surface area contributed by atoms with Crippen LogP contribution >= 0.6 is 11.6 Å². The van der Waals surface area contributed by atoms with Gasteiger partial charge in [-0.05, 0) is 12.8 Å². The maximum Gasteiger partial charge on any atom is 0.228 e. The minimum absolute atomic E-state index is 0.328. The third-order valence-electron chi connectivity index (χ3n) is 1.94. The van der Waals surface area contributed by atoms with E-state index in [-0.39, 0.29) is 0 Å². The average Bonchev–Trinajstić information content (AvgIpc) is 2.08. The van der Waals surface area contributed by atoms with Crippen molar-refractivity contribution < 1.29 is 16.8 Å². The van der Waals surface area contributed by atoms with Gasteiger partial charge in [0.1, 0.15) is 0 Å². The zero-order valence-corrected chi connectivity index (χ0v) is 11.9. The molecule has 0 aromatic rings. The van der Waals surface area contributed by atoms with Crippen LogP contribution < -0.4 is 0 Å². The van der Waals surface area contributed by atoms with Crippen LogP contribution in [-0.4, -0.2) is 52.0 Å². The fourth-order valence-electron chi connectivity index (χ4n) is 1.11. The zero-order valence-electron chi connectivity index (χ0n) is 9.52. The maximum absolute atomic E-state index is 11.5. The Morgan fingerprint density at radius 3 is 2.06 bits per heavy atom. The van der Waals surface area contributed by atoms with E-state index in [0.717, 1.165) is 23.4 Å². The van der Waals surface area contributed by atoms with Crippen LogP contribution in [0.15, 0.2) is 0 Å². The number of hydrogen-bond donors (Lipinski definition) is 0. The van der Waals surface area contributed by atoms with Crippen molar-refractivity contribution in [3.8, 4) is 0 Å². The van der Waals surface area contributed by atoms with E-state index in [1.54, 1.807) is 0 Å². The third kappa shape index (κ3) is 7.43. The lowest BCUT2D eigenvalue weighted by Gasteiger charge is -2.16. The molecule has 0 spiro atoms. The minimum atomic E-state index is -3.69. The summed E-state index contributed by atoms with van der Waals surface area (Å²) in [6.07, 6.45) is 3.27. The SMILES string of the molecule is CN(CCCCCCl)S(=O)(=O)CS(C)(=O)=O. The van der Waals surface area contributed by atoms with Crippen molar-refractivity contribution in [2.75, 3.05) is 30.8 Å². The van der Waals surface area contributed by atoms with Crippen molar-refractivity contribution in [3.63, 3.8) is 0 Å². The van der Waals surface area contributed by atoms with Gasteiger partial charge < -0.3 is 0 Å². The summed E-state index contributed by atoms with van der Waals surface area (Å²) in [6, 6.07) is 0. The summed E-state index contributed by atoms with van der Waals surface area (Å²) >= 11 is 5.48. The van der Waals surface area contributed by atoms with Crippen molar-refractivity contribution >= 4 is 31.5 Å². The lowest BCUT2D eigenvalue weighted by molar-refractivity contribution is 0.457. The molecule has 0 heterocycles. The Labute approximate surface area is 103 Å². The molecule has 0 bridgehead atoms. The van der Waals surface area contributed by atoms with E-state index in [1.165, 1.54) is 7.05 Å². The van der Waals surface area contributed by atoms with Crippen molar-refractivity contribution in [1.29, 1.82) is 0 Å². The highest BCUT2D eigenvalue weighted by Gasteiger charge is 2.22. The Kier molecular flexibility index (Phi) is 6.84. The second kappa shape index (κ2) is 6.78. The molecule has 8 heteroatoms. The number of halogens is 1. The molecule has 0 fully saturated rings. The van der Waals surface area contributed by atoms with E-state index in [4.69, 9.17) is 11.6 Å². The Bertz CT molecular complexity index is 390. The largest absolute Gasteiger partial charge is 0.228 e. The first-order chi connectivity index (χ1) is 7.19. The van der Waals surface area contributed by atoms with Crippen LogP contribution in [0.1, 0.15) is 19.3 Å². The lowest BCUT2D eigenvalue weighted by atomic mass is 10.2. The molecule has 98 valence electrons. The van der Waals surface area contributed by atoms with E-state index in [9.17, 15) is 16.8 Å². The highest BCUT2D eigenvalue weighted by molar-refractivity contribution is 8.06. The summed E-state index contributed by atoms with van der Waals surface area (Å²) in [4.78, 5) is 0. The number of unbranched alkanes of at least 4 members (excludes halogenated alkanes) is 2. The predicted octanol–water partition coefficient (Wildman–Crippen LogP) is 0.659. The molecule has 0 aliphatic carbocycles. The summed E-state index contributed by atoms with van der Waals surface area (Å²) in [5.41, 5.74) is 0. The molecule has 0 aliphatic heterocycles. The lowest BCUT2D eigenvalue weighted by Crippen LogP contribution is -2.32. The van der Waals surface area contributed by atoms with Gasteiger partial charge in [-0.25, -0.2) is 21.1 Å². The van der Waals surface area contributed by atoms with E-state index < -0.39 is 24.9 Å². The van der Waals surface area contributed by atoms with Crippen LogP contribution in [0.3, 0.4) is 0 Å². The molecule has 0 aromatic heterocycles. The molecule has 0 saturated carbocycles. The van der Waals surface area contributed by atoms with E-state index >= 15 is 0 Å². The van der Waals surface area contributed by atoms with Gasteiger partial charge in [0.15, 0.2) is 14.9 Å². The van der Waals surface area contributed by atoms with Gasteiger partial charge in [-0.2, -0.15) is 0 Å². The number of alkyl halides is 1. The fraction of sp³-hybridized carbons (Fsp3) is 1.00. The molecule has 0 aromatic carbocycles. The maximum atomic E-state index is 11.5. The number of hydrogen-bond acceptors (Lipinski definition) is 4. The summed E-state index contributed by atoms with van der Waals surface area (Å²) < 4.78 is 46.0. The summed E-state index contributed by atoms with van der Waals surface area (Å²) in [6.45, 7) is 0.328. The van der Waals surface area contributed by atoms with Crippen molar-refractivity contribution in [2.45, 2.75) is 19.3 Å². The highest BCUT2D eigenvalue weighted by Crippen LogP contribution is 2.05. The topological polar surface area (TPSA) is 71.5 Å². The highest BCUT2D eigenvalue weighted by atomic mass is 35.5. The van der Waals surface area contributed by atoms with Crippen LogP contribution in [-0.2, 0) is 19.9 Å². The van der Waals surface area contributed by atoms with Crippen LogP contribution in [0.4, 0.5) is 0 Å². The van der Waals surface area contributed by atoms with Gasteiger partial charge in [0.2, 0.25) is 10.0 Å². The Morgan fingerprint density at radius 1 is 1.06 bits per heavy atom. The first-order valence-electron chi connectivity index (χ1n) is 4.87. The van der Waals surface area contributed by atoms with Gasteiger partial charge in [0.25, 0.3) is 0 Å². The molecule has 0 saturated heterocycles. The summed E-state index contributed by atoms with van der Waals surface area (Å²) in [5, 5.41) is -0.827. The number of sulfonamides is 1. The molecule has 0 radical (unpaired) electrons. The molecule has 0 amide bonds. The van der Waals surface area contributed by atoms with Gasteiger partial charge in [0.05, 0.1) is 0 Å². The van der Waals surface area contributed by atoms with Gasteiger partial charge in [-0.15, -0.1) is 11.6 Å². The number of rotatable bonds is 8. The van der Waals surface area contributed by atoms with Crippen molar-refractivity contribution in [2.24, 2.45) is 0 Å². The quantitative estimate of drug-likeness (QED) is 0.486. The molecule has 0 atom stereocenters. The zero-order chi connectivity index (χ0) is 12.8. The van der Waals surface area contributed by atoms with Gasteiger partial charge in [-0.1, -0.05) is 6.42 Å². The van der Waals surface area contributed by atoms with Crippen LogP contribution in [0.2, 0.25) is 0 Å². The standard InChI is InChI=1S/C8H18ClNO4S2/c1-10(7-5-3-4-6-9)16(13,14)8-15(2,11)12/h3-8H2,1-2H3. The average molecular weight is 292 g/mol. The monoisotopic (exact) mass is 291 g/mol. The number of nitrogens with zero attached hydrogens (tertiary/aromatic N) is 1. The molecular weight excluding hydrogens is 274 g/mol. The molecule has 16 heavy (non-hydrogen) atoms. The third-order valence-corrected chi connectivity index (χ3v) is 6.25. The van der Waals surface area contributed by atoms with E-state index in [1.807, 2.05) is 0 Å². The Balaban J connectivity index is 4.21. The van der Waals surface area contributed by atoms with E-state index in [2.05, 4.69) is 0 Å². The van der Waals surface area contributed by atoms with Crippen LogP contribution in [0.5, 0.6) is 0 Å². The Hall–Kier alpha value is 0.150. The minimum Gasteiger partial charge on any atom is -0.228 e. The molecule has 0 aliphatic rings. The van der Waals surface area contributed by atoms with Gasteiger partial charge in [-0.3, -0.25) is 0 Å². The second-order valence-electron chi connectivity index (χ2n) is 3.73. The molecule has 5 nitrogen and oxygen atoms in total. The predicted molar refractivity (Wildman–Crippen MR) is 65.8 cm³/mol. The molecular formula is C8H18ClNO4S2. The summed E-state index contributed by atoms with van der Waals surface area (Å²) in [7, 11) is -5.82. The molecule has 0 rings (SSSR count). The second-order valence-corrected chi connectivity index (χ2v) is 8.69. The Morgan fingerprint density at radius 2 is 1.62 bits per heavy atom. The fourth-order valence-corrected chi connectivity index (χ4v) is 4.59. The normalized spacial score (nSPS) is 13.2. The van der Waals surface area contributed by atoms with Crippen LogP contribution in [0.25, 0.3) is 0 Å².